The van der Waals surface area contributed by atoms with Gasteiger partial charge >= 0.3 is 6.18 Å². The zero-order valence-corrected chi connectivity index (χ0v) is 11.0. The Hall–Kier alpha value is -2.15. The Morgan fingerprint density at radius 3 is 2.57 bits per heavy atom. The molecule has 0 saturated carbocycles. The zero-order valence-electron chi connectivity index (χ0n) is 11.0. The largest absolute Gasteiger partial charge is 0.495 e. The monoisotopic (exact) mass is 300 g/mol. The van der Waals surface area contributed by atoms with Crippen LogP contribution in [-0.4, -0.2) is 12.1 Å². The van der Waals surface area contributed by atoms with E-state index in [1.807, 2.05) is 0 Å². The van der Waals surface area contributed by atoms with Crippen LogP contribution in [-0.2, 0) is 6.18 Å². The first-order valence-corrected chi connectivity index (χ1v) is 5.94. The molecule has 0 radical (unpaired) electrons. The van der Waals surface area contributed by atoms with Crippen molar-refractivity contribution >= 4 is 0 Å². The molecule has 0 aliphatic heterocycles. The lowest BCUT2D eigenvalue weighted by atomic mass is 9.97. The van der Waals surface area contributed by atoms with E-state index in [4.69, 9.17) is 10.5 Å². The van der Waals surface area contributed by atoms with Gasteiger partial charge in [-0.1, -0.05) is 6.07 Å². The molecule has 2 aromatic rings. The van der Waals surface area contributed by atoms with Gasteiger partial charge in [0, 0.05) is 11.8 Å². The van der Waals surface area contributed by atoms with Gasteiger partial charge in [-0.2, -0.15) is 13.2 Å². The molecule has 21 heavy (non-hydrogen) atoms. The van der Waals surface area contributed by atoms with Crippen LogP contribution in [0.4, 0.5) is 17.6 Å². The first-order chi connectivity index (χ1) is 9.84. The van der Waals surface area contributed by atoms with E-state index in [1.54, 1.807) is 6.07 Å². The summed E-state index contributed by atoms with van der Waals surface area (Å²) in [5.74, 6) is -0.983. The van der Waals surface area contributed by atoms with Gasteiger partial charge in [0.15, 0.2) is 0 Å². The van der Waals surface area contributed by atoms with Gasteiger partial charge in [-0.3, -0.25) is 4.98 Å². The lowest BCUT2D eigenvalue weighted by Gasteiger charge is -2.17. The van der Waals surface area contributed by atoms with E-state index >= 15 is 0 Å². The summed E-state index contributed by atoms with van der Waals surface area (Å²) in [5.41, 5.74) is 5.21. The molecule has 1 aromatic carbocycles. The van der Waals surface area contributed by atoms with E-state index in [0.29, 0.717) is 17.4 Å². The lowest BCUT2D eigenvalue weighted by molar-refractivity contribution is -0.140. The minimum Gasteiger partial charge on any atom is -0.495 e. The summed E-state index contributed by atoms with van der Waals surface area (Å²) in [6.07, 6.45) is -1.92. The summed E-state index contributed by atoms with van der Waals surface area (Å²) in [4.78, 5) is 3.84. The minimum atomic E-state index is -4.78. The van der Waals surface area contributed by atoms with Gasteiger partial charge < -0.3 is 10.5 Å². The van der Waals surface area contributed by atoms with Crippen molar-refractivity contribution in [2.24, 2.45) is 5.73 Å². The fraction of sp³-hybridized carbons (Fsp3) is 0.214. The molecule has 2 rings (SSSR count). The molecule has 1 aromatic heterocycles. The molecule has 0 aliphatic carbocycles. The summed E-state index contributed by atoms with van der Waals surface area (Å²) in [5, 5.41) is 0. The summed E-state index contributed by atoms with van der Waals surface area (Å²) in [7, 11) is 1.40. The SMILES string of the molecule is COc1cnccc1C(N)c1ccc(F)c(C(F)(F)F)c1. The number of alkyl halides is 3. The Kier molecular flexibility index (Phi) is 4.13. The van der Waals surface area contributed by atoms with Crippen LogP contribution in [0, 0.1) is 5.82 Å². The third-order valence-corrected chi connectivity index (χ3v) is 3.03. The highest BCUT2D eigenvalue weighted by atomic mass is 19.4. The van der Waals surface area contributed by atoms with Gasteiger partial charge in [0.25, 0.3) is 0 Å². The summed E-state index contributed by atoms with van der Waals surface area (Å²) < 4.78 is 56.5. The molecule has 7 heteroatoms. The summed E-state index contributed by atoms with van der Waals surface area (Å²) in [6.45, 7) is 0. The number of rotatable bonds is 3. The molecule has 0 aliphatic rings. The van der Waals surface area contributed by atoms with Crippen LogP contribution in [0.1, 0.15) is 22.7 Å². The summed E-state index contributed by atoms with van der Waals surface area (Å²) in [6, 6.07) is 3.34. The van der Waals surface area contributed by atoms with E-state index in [1.165, 1.54) is 25.6 Å². The second-order valence-corrected chi connectivity index (χ2v) is 4.33. The average Bonchev–Trinajstić information content (AvgIpc) is 2.45. The Bertz CT molecular complexity index is 643. The Morgan fingerprint density at radius 1 is 1.24 bits per heavy atom. The van der Waals surface area contributed by atoms with Gasteiger partial charge in [0.2, 0.25) is 0 Å². The molecule has 1 heterocycles. The van der Waals surface area contributed by atoms with Crippen LogP contribution >= 0.6 is 0 Å². The van der Waals surface area contributed by atoms with Crippen LogP contribution in [0.2, 0.25) is 0 Å². The molecule has 1 unspecified atom stereocenters. The smallest absolute Gasteiger partial charge is 0.419 e. The number of hydrogen-bond acceptors (Lipinski definition) is 3. The molecule has 2 N–H and O–H groups in total. The number of nitrogens with zero attached hydrogens (tertiary/aromatic N) is 1. The van der Waals surface area contributed by atoms with Gasteiger partial charge in [-0.05, 0) is 23.8 Å². The van der Waals surface area contributed by atoms with E-state index in [-0.39, 0.29) is 5.56 Å². The molecule has 0 saturated heterocycles. The number of methoxy groups -OCH3 is 1. The van der Waals surface area contributed by atoms with Crippen LogP contribution < -0.4 is 10.5 Å². The number of ether oxygens (including phenoxy) is 1. The number of nitrogens with two attached hydrogens (primary N) is 1. The quantitative estimate of drug-likeness (QED) is 0.885. The first kappa shape index (κ1) is 15.2. The fourth-order valence-corrected chi connectivity index (χ4v) is 1.95. The van der Waals surface area contributed by atoms with Crippen LogP contribution in [0.3, 0.4) is 0 Å². The van der Waals surface area contributed by atoms with E-state index in [0.717, 1.165) is 6.07 Å². The normalized spacial score (nSPS) is 13.0. The van der Waals surface area contributed by atoms with Crippen molar-refractivity contribution in [1.82, 2.24) is 4.98 Å². The standard InChI is InChI=1S/C14H12F4N2O/c1-21-12-7-20-5-4-9(12)13(19)8-2-3-11(15)10(6-8)14(16,17)18/h2-7,13H,19H2,1H3. The third kappa shape index (κ3) is 3.13. The molecule has 112 valence electrons. The van der Waals surface area contributed by atoms with Crippen LogP contribution in [0.25, 0.3) is 0 Å². The topological polar surface area (TPSA) is 48.1 Å². The maximum Gasteiger partial charge on any atom is 0.419 e. The lowest BCUT2D eigenvalue weighted by Crippen LogP contribution is -2.16. The van der Waals surface area contributed by atoms with E-state index in [2.05, 4.69) is 4.98 Å². The van der Waals surface area contributed by atoms with Crippen molar-refractivity contribution in [3.63, 3.8) is 0 Å². The molecule has 3 nitrogen and oxygen atoms in total. The van der Waals surface area contributed by atoms with Crippen LogP contribution in [0.15, 0.2) is 36.7 Å². The summed E-state index contributed by atoms with van der Waals surface area (Å²) >= 11 is 0. The molecular weight excluding hydrogens is 288 g/mol. The van der Waals surface area contributed by atoms with E-state index < -0.39 is 23.6 Å². The Labute approximate surface area is 118 Å². The van der Waals surface area contributed by atoms with Gasteiger partial charge in [0.05, 0.1) is 24.9 Å². The molecule has 0 amide bonds. The van der Waals surface area contributed by atoms with Gasteiger partial charge in [-0.25, -0.2) is 4.39 Å². The van der Waals surface area contributed by atoms with Crippen molar-refractivity contribution in [1.29, 1.82) is 0 Å². The maximum absolute atomic E-state index is 13.3. The molecule has 0 spiro atoms. The second kappa shape index (κ2) is 5.69. The molecular formula is C14H12F4N2O. The number of hydrogen-bond donors (Lipinski definition) is 1. The predicted molar refractivity (Wildman–Crippen MR) is 68.2 cm³/mol. The number of halogens is 4. The minimum absolute atomic E-state index is 0.133. The Morgan fingerprint density at radius 2 is 1.95 bits per heavy atom. The van der Waals surface area contributed by atoms with Crippen molar-refractivity contribution in [3.8, 4) is 5.75 Å². The fourth-order valence-electron chi connectivity index (χ4n) is 1.95. The maximum atomic E-state index is 13.3. The predicted octanol–water partition coefficient (Wildman–Crippen LogP) is 3.30. The second-order valence-electron chi connectivity index (χ2n) is 4.33. The molecule has 0 fully saturated rings. The van der Waals surface area contributed by atoms with Gasteiger partial charge in [-0.15, -0.1) is 0 Å². The number of aromatic nitrogens is 1. The highest BCUT2D eigenvalue weighted by molar-refractivity contribution is 5.41. The highest BCUT2D eigenvalue weighted by Gasteiger charge is 2.34. The molecule has 0 bridgehead atoms. The first-order valence-electron chi connectivity index (χ1n) is 5.94. The van der Waals surface area contributed by atoms with Gasteiger partial charge in [0.1, 0.15) is 11.6 Å². The van der Waals surface area contributed by atoms with Crippen molar-refractivity contribution in [2.45, 2.75) is 12.2 Å². The average molecular weight is 300 g/mol. The van der Waals surface area contributed by atoms with E-state index in [9.17, 15) is 17.6 Å². The highest BCUT2D eigenvalue weighted by Crippen LogP contribution is 2.34. The van der Waals surface area contributed by atoms with Crippen molar-refractivity contribution in [2.75, 3.05) is 7.11 Å². The van der Waals surface area contributed by atoms with Crippen molar-refractivity contribution < 1.29 is 22.3 Å². The Balaban J connectivity index is 2.47. The number of pyridine rings is 1. The zero-order chi connectivity index (χ0) is 15.6. The molecule has 1 atom stereocenters. The van der Waals surface area contributed by atoms with Crippen molar-refractivity contribution in [3.05, 3.63) is 59.2 Å². The third-order valence-electron chi connectivity index (χ3n) is 3.03. The van der Waals surface area contributed by atoms with Crippen LogP contribution in [0.5, 0.6) is 5.75 Å². The number of benzene rings is 1.